The summed E-state index contributed by atoms with van der Waals surface area (Å²) >= 11 is 0. The van der Waals surface area contributed by atoms with Crippen LogP contribution in [-0.2, 0) is 16.1 Å². The summed E-state index contributed by atoms with van der Waals surface area (Å²) in [6.45, 7) is 3.09. The van der Waals surface area contributed by atoms with Crippen LogP contribution in [0.4, 0.5) is 0 Å². The summed E-state index contributed by atoms with van der Waals surface area (Å²) in [5.41, 5.74) is 7.07. The molecule has 1 heterocycles. The monoisotopic (exact) mass is 357 g/mol. The summed E-state index contributed by atoms with van der Waals surface area (Å²) in [7, 11) is 0. The van der Waals surface area contributed by atoms with E-state index < -0.39 is 0 Å². The maximum absolute atomic E-state index is 12.5. The molecular formula is C19H27N5O2. The van der Waals surface area contributed by atoms with Gasteiger partial charge in [0.2, 0.25) is 5.91 Å². The van der Waals surface area contributed by atoms with Gasteiger partial charge in [0, 0.05) is 24.1 Å². The maximum atomic E-state index is 12.5. The molecule has 4 N–H and O–H groups in total. The van der Waals surface area contributed by atoms with Gasteiger partial charge < -0.3 is 15.8 Å². The number of hydrogen-bond acceptors (Lipinski definition) is 5. The summed E-state index contributed by atoms with van der Waals surface area (Å²) in [6.07, 6.45) is 3.21. The average molecular weight is 357 g/mol. The Hall–Kier alpha value is -2.25. The highest BCUT2D eigenvalue weighted by molar-refractivity contribution is 5.78. The van der Waals surface area contributed by atoms with E-state index in [0.717, 1.165) is 24.8 Å². The highest BCUT2D eigenvalue weighted by atomic mass is 16.5. The number of H-pyrrole nitrogens is 1. The Labute approximate surface area is 153 Å². The molecule has 0 bridgehead atoms. The lowest BCUT2D eigenvalue weighted by molar-refractivity contribution is -0.128. The van der Waals surface area contributed by atoms with E-state index in [9.17, 15) is 4.79 Å². The second-order valence-electron chi connectivity index (χ2n) is 6.77. The van der Waals surface area contributed by atoms with Crippen molar-refractivity contribution in [2.24, 2.45) is 11.7 Å². The van der Waals surface area contributed by atoms with Crippen molar-refractivity contribution in [3.63, 3.8) is 0 Å². The summed E-state index contributed by atoms with van der Waals surface area (Å²) in [4.78, 5) is 16.9. The molecule has 0 aliphatic heterocycles. The van der Waals surface area contributed by atoms with Crippen molar-refractivity contribution in [2.45, 2.75) is 51.3 Å². The van der Waals surface area contributed by atoms with E-state index >= 15 is 0 Å². The topological polar surface area (TPSA) is 106 Å². The van der Waals surface area contributed by atoms with Gasteiger partial charge >= 0.3 is 0 Å². The molecule has 140 valence electrons. The summed E-state index contributed by atoms with van der Waals surface area (Å²) in [6, 6.07) is 9.76. The van der Waals surface area contributed by atoms with Gasteiger partial charge in [-0.25, -0.2) is 4.98 Å². The Morgan fingerprint density at radius 3 is 2.92 bits per heavy atom. The average Bonchev–Trinajstić information content (AvgIpc) is 3.15. The van der Waals surface area contributed by atoms with Crippen LogP contribution < -0.4 is 11.1 Å². The van der Waals surface area contributed by atoms with Crippen molar-refractivity contribution in [1.29, 1.82) is 0 Å². The van der Waals surface area contributed by atoms with Crippen LogP contribution >= 0.6 is 0 Å². The van der Waals surface area contributed by atoms with Gasteiger partial charge in [-0.15, -0.1) is 0 Å². The third kappa shape index (κ3) is 4.68. The Morgan fingerprint density at radius 2 is 2.15 bits per heavy atom. The van der Waals surface area contributed by atoms with Gasteiger partial charge in [-0.1, -0.05) is 37.3 Å². The fourth-order valence-electron chi connectivity index (χ4n) is 3.26. The number of nitrogens with zero attached hydrogens (tertiary/aromatic N) is 2. The number of nitrogens with two attached hydrogens (primary N) is 1. The number of nitrogens with one attached hydrogen (secondary N) is 2. The molecule has 1 aromatic carbocycles. The van der Waals surface area contributed by atoms with Crippen LogP contribution in [0.1, 0.15) is 38.4 Å². The molecule has 0 unspecified atom stereocenters. The number of amides is 1. The quantitative estimate of drug-likeness (QED) is 0.703. The maximum Gasteiger partial charge on any atom is 0.223 e. The molecule has 26 heavy (non-hydrogen) atoms. The predicted molar refractivity (Wildman–Crippen MR) is 99.0 cm³/mol. The van der Waals surface area contributed by atoms with E-state index in [1.54, 1.807) is 0 Å². The Balaban J connectivity index is 1.52. The molecule has 0 saturated heterocycles. The molecule has 1 aromatic heterocycles. The van der Waals surface area contributed by atoms with Gasteiger partial charge in [0.1, 0.15) is 5.82 Å². The summed E-state index contributed by atoms with van der Waals surface area (Å²) in [5, 5.41) is 10.1. The van der Waals surface area contributed by atoms with Crippen LogP contribution in [0.5, 0.6) is 0 Å². The lowest BCUT2D eigenvalue weighted by Gasteiger charge is -2.33. The number of ether oxygens (including phenoxy) is 1. The Kier molecular flexibility index (Phi) is 6.35. The molecule has 3 atom stereocenters. The first-order valence-electron chi connectivity index (χ1n) is 9.29. The standard InChI is InChI=1S/C19H27N5O2/c1-2-10-26-16-11-14(8-9-15(16)20)19(25)21-12-17-22-18(24-23-17)13-6-4-3-5-7-13/h3-7,14-16H,2,8-12,20H2,1H3,(H,21,25)(H,22,23,24)/t14-,15+,16+/m0/s1. The first kappa shape index (κ1) is 18.5. The van der Waals surface area contributed by atoms with Gasteiger partial charge in [-0.05, 0) is 25.7 Å². The van der Waals surface area contributed by atoms with Crippen molar-refractivity contribution >= 4 is 5.91 Å². The second kappa shape index (κ2) is 8.91. The molecule has 2 aromatic rings. The van der Waals surface area contributed by atoms with Crippen LogP contribution in [0.15, 0.2) is 30.3 Å². The lowest BCUT2D eigenvalue weighted by atomic mass is 9.83. The third-order valence-corrected chi connectivity index (χ3v) is 4.74. The normalized spacial score (nSPS) is 22.9. The fourth-order valence-corrected chi connectivity index (χ4v) is 3.26. The van der Waals surface area contributed by atoms with E-state index in [1.807, 2.05) is 30.3 Å². The van der Waals surface area contributed by atoms with E-state index in [2.05, 4.69) is 27.4 Å². The fraction of sp³-hybridized carbons (Fsp3) is 0.526. The number of carbonyl (C=O) groups is 1. The molecule has 1 aliphatic carbocycles. The molecule has 7 nitrogen and oxygen atoms in total. The van der Waals surface area contributed by atoms with Crippen molar-refractivity contribution < 1.29 is 9.53 Å². The van der Waals surface area contributed by atoms with E-state index in [1.165, 1.54) is 0 Å². The third-order valence-electron chi connectivity index (χ3n) is 4.74. The number of aromatic amines is 1. The zero-order chi connectivity index (χ0) is 18.4. The van der Waals surface area contributed by atoms with Crippen LogP contribution in [0.25, 0.3) is 11.4 Å². The highest BCUT2D eigenvalue weighted by Gasteiger charge is 2.32. The Morgan fingerprint density at radius 1 is 1.35 bits per heavy atom. The summed E-state index contributed by atoms with van der Waals surface area (Å²) < 4.78 is 5.81. The van der Waals surface area contributed by atoms with Crippen LogP contribution in [0.2, 0.25) is 0 Å². The van der Waals surface area contributed by atoms with Crippen LogP contribution in [-0.4, -0.2) is 39.8 Å². The first-order valence-corrected chi connectivity index (χ1v) is 9.29. The molecule has 1 amide bonds. The van der Waals surface area contributed by atoms with E-state index in [-0.39, 0.29) is 24.0 Å². The van der Waals surface area contributed by atoms with Gasteiger partial charge in [-0.3, -0.25) is 9.89 Å². The van der Waals surface area contributed by atoms with Crippen molar-refractivity contribution in [3.8, 4) is 11.4 Å². The van der Waals surface area contributed by atoms with Crippen molar-refractivity contribution in [1.82, 2.24) is 20.5 Å². The number of aromatic nitrogens is 3. The zero-order valence-electron chi connectivity index (χ0n) is 15.1. The van der Waals surface area contributed by atoms with Crippen molar-refractivity contribution in [3.05, 3.63) is 36.2 Å². The molecule has 0 spiro atoms. The second-order valence-corrected chi connectivity index (χ2v) is 6.77. The molecule has 1 aliphatic rings. The molecule has 0 radical (unpaired) electrons. The SMILES string of the molecule is CCCO[C@@H]1C[C@@H](C(=O)NCc2nc(-c3ccccc3)n[nH]2)CC[C@H]1N. The number of hydrogen-bond donors (Lipinski definition) is 3. The number of rotatable bonds is 7. The molecular weight excluding hydrogens is 330 g/mol. The highest BCUT2D eigenvalue weighted by Crippen LogP contribution is 2.26. The van der Waals surface area contributed by atoms with Gasteiger partial charge in [0.05, 0.1) is 12.6 Å². The minimum absolute atomic E-state index is 0.0216. The largest absolute Gasteiger partial charge is 0.377 e. The van der Waals surface area contributed by atoms with Crippen molar-refractivity contribution in [2.75, 3.05) is 6.61 Å². The van der Waals surface area contributed by atoms with E-state index in [0.29, 0.717) is 31.2 Å². The predicted octanol–water partition coefficient (Wildman–Crippen LogP) is 2.01. The minimum atomic E-state index is -0.0619. The molecule has 3 rings (SSSR count). The van der Waals surface area contributed by atoms with Crippen LogP contribution in [0, 0.1) is 5.92 Å². The zero-order valence-corrected chi connectivity index (χ0v) is 15.1. The minimum Gasteiger partial charge on any atom is -0.377 e. The first-order chi connectivity index (χ1) is 12.7. The molecule has 1 saturated carbocycles. The van der Waals surface area contributed by atoms with Gasteiger partial charge in [0.15, 0.2) is 5.82 Å². The molecule has 1 fully saturated rings. The lowest BCUT2D eigenvalue weighted by Crippen LogP contribution is -2.45. The molecule has 7 heteroatoms. The smallest absolute Gasteiger partial charge is 0.223 e. The summed E-state index contributed by atoms with van der Waals surface area (Å²) in [5.74, 6) is 1.24. The van der Waals surface area contributed by atoms with Gasteiger partial charge in [-0.2, -0.15) is 5.10 Å². The van der Waals surface area contributed by atoms with E-state index in [4.69, 9.17) is 10.5 Å². The van der Waals surface area contributed by atoms with Gasteiger partial charge in [0.25, 0.3) is 0 Å². The van der Waals surface area contributed by atoms with Crippen LogP contribution in [0.3, 0.4) is 0 Å². The number of carbonyl (C=O) groups excluding carboxylic acids is 1. The Bertz CT molecular complexity index is 703. The number of benzene rings is 1.